The zero-order chi connectivity index (χ0) is 10.8. The van der Waals surface area contributed by atoms with Gasteiger partial charge < -0.3 is 10.8 Å². The molecule has 4 nitrogen and oxygen atoms in total. The van der Waals surface area contributed by atoms with Crippen molar-refractivity contribution in [1.29, 1.82) is 0 Å². The fraction of sp³-hybridized carbons (Fsp3) is 0.727. The number of nitrogens with two attached hydrogens (primary N) is 1. The van der Waals surface area contributed by atoms with Crippen molar-refractivity contribution in [2.75, 3.05) is 5.73 Å². The molecule has 0 radical (unpaired) electrons. The van der Waals surface area contributed by atoms with E-state index >= 15 is 0 Å². The van der Waals surface area contributed by atoms with Crippen molar-refractivity contribution >= 4 is 5.69 Å². The zero-order valence-corrected chi connectivity index (χ0v) is 9.19. The summed E-state index contributed by atoms with van der Waals surface area (Å²) in [4.78, 5) is 0. The van der Waals surface area contributed by atoms with Gasteiger partial charge in [-0.25, -0.2) is 0 Å². The Bertz CT molecular complexity index is 315. The van der Waals surface area contributed by atoms with Gasteiger partial charge in [-0.05, 0) is 32.1 Å². The average molecular weight is 209 g/mol. The molecular weight excluding hydrogens is 190 g/mol. The van der Waals surface area contributed by atoms with Crippen molar-refractivity contribution in [1.82, 2.24) is 9.78 Å². The number of aliphatic hydroxyl groups excluding tert-OH is 1. The van der Waals surface area contributed by atoms with E-state index in [1.165, 1.54) is 6.42 Å². The molecule has 4 heteroatoms. The molecule has 2 unspecified atom stereocenters. The van der Waals surface area contributed by atoms with E-state index in [1.54, 1.807) is 0 Å². The van der Waals surface area contributed by atoms with Crippen molar-refractivity contribution in [3.8, 4) is 0 Å². The highest BCUT2D eigenvalue weighted by Crippen LogP contribution is 2.25. The quantitative estimate of drug-likeness (QED) is 0.772. The molecule has 1 aromatic heterocycles. The van der Waals surface area contributed by atoms with E-state index in [0.717, 1.165) is 37.2 Å². The van der Waals surface area contributed by atoms with E-state index in [2.05, 4.69) is 5.10 Å². The van der Waals surface area contributed by atoms with Crippen LogP contribution in [-0.2, 0) is 6.54 Å². The average Bonchev–Trinajstić information content (AvgIpc) is 2.45. The minimum absolute atomic E-state index is 0.113. The Hall–Kier alpha value is -1.03. The first-order chi connectivity index (χ1) is 7.15. The molecule has 1 aliphatic carbocycles. The Kier molecular flexibility index (Phi) is 2.95. The van der Waals surface area contributed by atoms with Crippen LogP contribution in [0.5, 0.6) is 0 Å². The third kappa shape index (κ3) is 2.50. The summed E-state index contributed by atoms with van der Waals surface area (Å²) in [7, 11) is 0. The molecule has 0 amide bonds. The summed E-state index contributed by atoms with van der Waals surface area (Å²) < 4.78 is 1.91. The van der Waals surface area contributed by atoms with E-state index in [9.17, 15) is 5.11 Å². The molecule has 1 heterocycles. The van der Waals surface area contributed by atoms with Gasteiger partial charge in [0.1, 0.15) is 0 Å². The second kappa shape index (κ2) is 4.23. The number of nitrogen functional groups attached to an aromatic ring is 1. The predicted octanol–water partition coefficient (Wildman–Crippen LogP) is 1.32. The summed E-state index contributed by atoms with van der Waals surface area (Å²) in [6.07, 6.45) is 5.95. The fourth-order valence-corrected chi connectivity index (χ4v) is 2.32. The second-order valence-electron chi connectivity index (χ2n) is 4.58. The van der Waals surface area contributed by atoms with E-state index in [0.29, 0.717) is 5.92 Å². The maximum Gasteiger partial charge on any atom is 0.0822 e. The molecule has 0 aromatic carbocycles. The first-order valence-electron chi connectivity index (χ1n) is 5.62. The van der Waals surface area contributed by atoms with Crippen molar-refractivity contribution in [2.45, 2.75) is 45.3 Å². The molecule has 0 aliphatic heterocycles. The molecule has 1 saturated carbocycles. The van der Waals surface area contributed by atoms with Gasteiger partial charge in [-0.15, -0.1) is 0 Å². The minimum atomic E-state index is -0.113. The summed E-state index contributed by atoms with van der Waals surface area (Å²) in [5.41, 5.74) is 7.39. The number of rotatable bonds is 2. The van der Waals surface area contributed by atoms with Gasteiger partial charge in [-0.3, -0.25) is 4.68 Å². The van der Waals surface area contributed by atoms with Gasteiger partial charge in [-0.2, -0.15) is 5.10 Å². The zero-order valence-electron chi connectivity index (χ0n) is 9.19. The number of hydrogen-bond donors (Lipinski definition) is 2. The lowest BCUT2D eigenvalue weighted by atomic mass is 9.87. The van der Waals surface area contributed by atoms with Crippen LogP contribution >= 0.6 is 0 Å². The third-order valence-electron chi connectivity index (χ3n) is 3.18. The highest BCUT2D eigenvalue weighted by molar-refractivity contribution is 5.39. The molecule has 84 valence electrons. The molecule has 0 spiro atoms. The van der Waals surface area contributed by atoms with E-state index < -0.39 is 0 Å². The molecule has 1 aliphatic rings. The Labute approximate surface area is 90.1 Å². The van der Waals surface area contributed by atoms with Gasteiger partial charge in [0.05, 0.1) is 17.5 Å². The van der Waals surface area contributed by atoms with Crippen LogP contribution in [0.25, 0.3) is 0 Å². The maximum atomic E-state index is 9.56. The van der Waals surface area contributed by atoms with E-state index in [1.807, 2.05) is 17.8 Å². The van der Waals surface area contributed by atoms with Crippen LogP contribution in [0.15, 0.2) is 6.20 Å². The van der Waals surface area contributed by atoms with Crippen LogP contribution in [-0.4, -0.2) is 21.0 Å². The number of aliphatic hydroxyl groups is 1. The molecular formula is C11H19N3O. The number of anilines is 1. The number of aromatic nitrogens is 2. The van der Waals surface area contributed by atoms with Crippen LogP contribution in [0.1, 0.15) is 31.4 Å². The predicted molar refractivity (Wildman–Crippen MR) is 59.3 cm³/mol. The van der Waals surface area contributed by atoms with Gasteiger partial charge in [0.15, 0.2) is 0 Å². The van der Waals surface area contributed by atoms with Gasteiger partial charge in [0.2, 0.25) is 0 Å². The lowest BCUT2D eigenvalue weighted by molar-refractivity contribution is 0.0941. The van der Waals surface area contributed by atoms with E-state index in [-0.39, 0.29) is 6.10 Å². The topological polar surface area (TPSA) is 64.1 Å². The summed E-state index contributed by atoms with van der Waals surface area (Å²) in [5, 5.41) is 13.9. The number of aryl methyl sites for hydroxylation is 1. The lowest BCUT2D eigenvalue weighted by Gasteiger charge is -2.25. The van der Waals surface area contributed by atoms with E-state index in [4.69, 9.17) is 5.73 Å². The monoisotopic (exact) mass is 209 g/mol. The summed E-state index contributed by atoms with van der Waals surface area (Å²) >= 11 is 0. The number of nitrogens with zero attached hydrogens (tertiary/aromatic N) is 2. The van der Waals surface area contributed by atoms with Gasteiger partial charge >= 0.3 is 0 Å². The molecule has 2 rings (SSSR count). The minimum Gasteiger partial charge on any atom is -0.396 e. The third-order valence-corrected chi connectivity index (χ3v) is 3.18. The Morgan fingerprint density at radius 3 is 3.00 bits per heavy atom. The first-order valence-corrected chi connectivity index (χ1v) is 5.62. The van der Waals surface area contributed by atoms with Gasteiger partial charge in [0, 0.05) is 12.7 Å². The highest BCUT2D eigenvalue weighted by Gasteiger charge is 2.20. The second-order valence-corrected chi connectivity index (χ2v) is 4.58. The van der Waals surface area contributed by atoms with Crippen LogP contribution in [0.2, 0.25) is 0 Å². The van der Waals surface area contributed by atoms with Crippen LogP contribution < -0.4 is 5.73 Å². The molecule has 0 bridgehead atoms. The van der Waals surface area contributed by atoms with Crippen molar-refractivity contribution < 1.29 is 5.11 Å². The molecule has 0 saturated heterocycles. The van der Waals surface area contributed by atoms with Crippen molar-refractivity contribution in [3.05, 3.63) is 11.9 Å². The smallest absolute Gasteiger partial charge is 0.0822 e. The van der Waals surface area contributed by atoms with Crippen molar-refractivity contribution in [3.63, 3.8) is 0 Å². The van der Waals surface area contributed by atoms with Gasteiger partial charge in [-0.1, -0.05) is 6.42 Å². The number of hydrogen-bond acceptors (Lipinski definition) is 3. The fourth-order valence-electron chi connectivity index (χ4n) is 2.32. The molecule has 1 fully saturated rings. The molecule has 2 atom stereocenters. The Morgan fingerprint density at radius 1 is 1.60 bits per heavy atom. The lowest BCUT2D eigenvalue weighted by Crippen LogP contribution is -2.23. The van der Waals surface area contributed by atoms with Gasteiger partial charge in [0.25, 0.3) is 0 Å². The molecule has 3 N–H and O–H groups in total. The standard InChI is InChI=1S/C11H19N3O/c1-8-11(12)7-14(13-8)6-9-3-2-4-10(15)5-9/h7,9-10,15H,2-6,12H2,1H3. The summed E-state index contributed by atoms with van der Waals surface area (Å²) in [6, 6.07) is 0. The van der Waals surface area contributed by atoms with Crippen LogP contribution in [0.3, 0.4) is 0 Å². The Balaban J connectivity index is 1.96. The van der Waals surface area contributed by atoms with Crippen LogP contribution in [0, 0.1) is 12.8 Å². The maximum absolute atomic E-state index is 9.56. The highest BCUT2D eigenvalue weighted by atomic mass is 16.3. The summed E-state index contributed by atoms with van der Waals surface area (Å²) in [5.74, 6) is 0.549. The van der Waals surface area contributed by atoms with Crippen molar-refractivity contribution in [2.24, 2.45) is 5.92 Å². The van der Waals surface area contributed by atoms with Crippen LogP contribution in [0.4, 0.5) is 5.69 Å². The largest absolute Gasteiger partial charge is 0.396 e. The first kappa shape index (κ1) is 10.5. The Morgan fingerprint density at radius 2 is 2.40 bits per heavy atom. The molecule has 1 aromatic rings. The summed E-state index contributed by atoms with van der Waals surface area (Å²) in [6.45, 7) is 2.80. The molecule has 15 heavy (non-hydrogen) atoms. The SMILES string of the molecule is Cc1nn(CC2CCCC(O)C2)cc1N. The normalized spacial score (nSPS) is 26.8.